The summed E-state index contributed by atoms with van der Waals surface area (Å²) in [6.45, 7) is 0. The number of thiophene rings is 1. The van der Waals surface area contributed by atoms with Crippen LogP contribution in [0.2, 0.25) is 0 Å². The summed E-state index contributed by atoms with van der Waals surface area (Å²) in [6, 6.07) is 25.4. The smallest absolute Gasteiger partial charge is 0.335 e. The number of ether oxygens (including phenoxy) is 1. The molecule has 1 amide bonds. The molecule has 0 unspecified atom stereocenters. The number of carboxylic acid groups (broad SMARTS) is 1. The summed E-state index contributed by atoms with van der Waals surface area (Å²) in [6.07, 6.45) is 0. The molecule has 0 fully saturated rings. The van der Waals surface area contributed by atoms with Crippen LogP contribution in [-0.4, -0.2) is 29.1 Å². The fourth-order valence-electron chi connectivity index (χ4n) is 3.93. The molecule has 178 valence electrons. The van der Waals surface area contributed by atoms with E-state index in [4.69, 9.17) is 20.6 Å². The lowest BCUT2D eigenvalue weighted by molar-refractivity contribution is 0.0696. The highest BCUT2D eigenvalue weighted by molar-refractivity contribution is 7.21. The number of aromatic carboxylic acids is 1. The molecule has 2 heterocycles. The molecule has 3 aromatic carbocycles. The van der Waals surface area contributed by atoms with E-state index in [1.54, 1.807) is 19.2 Å². The Morgan fingerprint density at radius 2 is 1.64 bits per heavy atom. The van der Waals surface area contributed by atoms with Gasteiger partial charge in [0.25, 0.3) is 5.91 Å². The molecule has 0 bridgehead atoms. The number of anilines is 2. The molecule has 0 saturated heterocycles. The minimum atomic E-state index is -1.03. The average molecular weight is 496 g/mol. The number of hydrogen-bond acceptors (Lipinski definition) is 6. The zero-order valence-electron chi connectivity index (χ0n) is 19.2. The highest BCUT2D eigenvalue weighted by atomic mass is 32.1. The molecule has 0 aliphatic carbocycles. The Kier molecular flexibility index (Phi) is 6.10. The van der Waals surface area contributed by atoms with E-state index in [1.165, 1.54) is 23.5 Å². The van der Waals surface area contributed by atoms with Crippen molar-refractivity contribution in [1.82, 2.24) is 4.98 Å². The van der Waals surface area contributed by atoms with Gasteiger partial charge in [0.1, 0.15) is 15.5 Å². The Hall–Kier alpha value is -4.69. The minimum Gasteiger partial charge on any atom is -0.497 e. The van der Waals surface area contributed by atoms with E-state index < -0.39 is 5.97 Å². The Balaban J connectivity index is 1.61. The Morgan fingerprint density at radius 1 is 0.944 bits per heavy atom. The van der Waals surface area contributed by atoms with Gasteiger partial charge < -0.3 is 20.9 Å². The lowest BCUT2D eigenvalue weighted by Gasteiger charge is -2.10. The topological polar surface area (TPSA) is 115 Å². The van der Waals surface area contributed by atoms with Gasteiger partial charge in [0.2, 0.25) is 0 Å². The first-order valence-corrected chi connectivity index (χ1v) is 11.8. The SMILES string of the molecule is COc1ccc(-c2cc(-c3ccccc3)nc3sc(C(=O)Nc4ccc(C(=O)O)cc4)c(N)c23)cc1. The van der Waals surface area contributed by atoms with Gasteiger partial charge in [-0.25, -0.2) is 9.78 Å². The molecule has 0 saturated carbocycles. The molecule has 0 atom stereocenters. The number of rotatable bonds is 6. The molecule has 8 heteroatoms. The molecule has 2 aromatic heterocycles. The van der Waals surface area contributed by atoms with Crippen molar-refractivity contribution in [2.75, 3.05) is 18.2 Å². The zero-order chi connectivity index (χ0) is 25.2. The molecular formula is C28H21N3O4S. The van der Waals surface area contributed by atoms with Gasteiger partial charge in [-0.3, -0.25) is 4.79 Å². The van der Waals surface area contributed by atoms with Gasteiger partial charge in [0.05, 0.1) is 24.1 Å². The van der Waals surface area contributed by atoms with Crippen molar-refractivity contribution in [1.29, 1.82) is 0 Å². The molecule has 4 N–H and O–H groups in total. The quantitative estimate of drug-likeness (QED) is 0.259. The molecule has 0 spiro atoms. The number of nitrogens with zero attached hydrogens (tertiary/aromatic N) is 1. The lowest BCUT2D eigenvalue weighted by atomic mass is 9.99. The minimum absolute atomic E-state index is 0.135. The zero-order valence-corrected chi connectivity index (χ0v) is 20.0. The fraction of sp³-hybridized carbons (Fsp3) is 0.0357. The number of carboxylic acids is 1. The molecule has 36 heavy (non-hydrogen) atoms. The third kappa shape index (κ3) is 4.37. The number of nitrogens with one attached hydrogen (secondary N) is 1. The van der Waals surface area contributed by atoms with E-state index in [9.17, 15) is 9.59 Å². The predicted octanol–water partition coefficient (Wildman–Crippen LogP) is 6.17. The standard InChI is InChI=1S/C28H21N3O4S/c1-35-20-13-9-16(10-14-20)21-15-22(17-5-3-2-4-6-17)31-27-23(21)24(29)25(36-27)26(32)30-19-11-7-18(8-12-19)28(33)34/h2-15H,29H2,1H3,(H,30,32)(H,33,34). The van der Waals surface area contributed by atoms with E-state index in [2.05, 4.69) is 5.32 Å². The summed E-state index contributed by atoms with van der Waals surface area (Å²) in [5.41, 5.74) is 11.0. The molecule has 0 aliphatic heterocycles. The second-order valence-corrected chi connectivity index (χ2v) is 9.01. The van der Waals surface area contributed by atoms with E-state index in [0.29, 0.717) is 26.5 Å². The normalized spacial score (nSPS) is 10.8. The number of methoxy groups -OCH3 is 1. The second kappa shape index (κ2) is 9.52. The highest BCUT2D eigenvalue weighted by Crippen LogP contribution is 2.41. The summed E-state index contributed by atoms with van der Waals surface area (Å²) in [5, 5.41) is 12.6. The van der Waals surface area contributed by atoms with Crippen LogP contribution < -0.4 is 15.8 Å². The van der Waals surface area contributed by atoms with E-state index in [1.807, 2.05) is 60.7 Å². The number of aromatic nitrogens is 1. The number of nitrogens with two attached hydrogens (primary N) is 1. The van der Waals surface area contributed by atoms with Crippen molar-refractivity contribution in [2.24, 2.45) is 0 Å². The number of carbonyl (C=O) groups is 2. The predicted molar refractivity (Wildman–Crippen MR) is 143 cm³/mol. The Morgan fingerprint density at radius 3 is 2.28 bits per heavy atom. The van der Waals surface area contributed by atoms with Crippen LogP contribution in [0.1, 0.15) is 20.0 Å². The highest BCUT2D eigenvalue weighted by Gasteiger charge is 2.22. The maximum absolute atomic E-state index is 13.2. The van der Waals surface area contributed by atoms with Crippen LogP contribution in [0.4, 0.5) is 11.4 Å². The number of nitrogen functional groups attached to an aromatic ring is 1. The second-order valence-electron chi connectivity index (χ2n) is 8.01. The van der Waals surface area contributed by atoms with Crippen LogP contribution in [0, 0.1) is 0 Å². The van der Waals surface area contributed by atoms with E-state index in [-0.39, 0.29) is 11.5 Å². The van der Waals surface area contributed by atoms with Gasteiger partial charge in [-0.05, 0) is 53.6 Å². The summed E-state index contributed by atoms with van der Waals surface area (Å²) < 4.78 is 5.30. The van der Waals surface area contributed by atoms with Crippen LogP contribution in [0.5, 0.6) is 5.75 Å². The maximum Gasteiger partial charge on any atom is 0.335 e. The average Bonchev–Trinajstić information content (AvgIpc) is 3.25. The van der Waals surface area contributed by atoms with Crippen LogP contribution in [0.3, 0.4) is 0 Å². The Labute approximate surface area is 210 Å². The molecule has 0 aliphatic rings. The first-order chi connectivity index (χ1) is 17.4. The van der Waals surface area contributed by atoms with Crippen molar-refractivity contribution in [3.8, 4) is 28.1 Å². The summed E-state index contributed by atoms with van der Waals surface area (Å²) in [5.74, 6) is -0.687. The third-order valence-electron chi connectivity index (χ3n) is 5.77. The number of hydrogen-bond donors (Lipinski definition) is 3. The number of fused-ring (bicyclic) bond motifs is 1. The van der Waals surface area contributed by atoms with Gasteiger partial charge in [-0.1, -0.05) is 42.5 Å². The Bertz CT molecular complexity index is 1580. The largest absolute Gasteiger partial charge is 0.497 e. The van der Waals surface area contributed by atoms with Crippen LogP contribution in [-0.2, 0) is 0 Å². The lowest BCUT2D eigenvalue weighted by Crippen LogP contribution is -2.12. The van der Waals surface area contributed by atoms with Gasteiger partial charge in [0, 0.05) is 16.6 Å². The summed E-state index contributed by atoms with van der Waals surface area (Å²) >= 11 is 1.22. The van der Waals surface area contributed by atoms with Crippen molar-refractivity contribution in [3.05, 3.63) is 95.4 Å². The van der Waals surface area contributed by atoms with Crippen LogP contribution in [0.15, 0.2) is 84.9 Å². The molecule has 7 nitrogen and oxygen atoms in total. The number of pyridine rings is 1. The van der Waals surface area contributed by atoms with Gasteiger partial charge in [0.15, 0.2) is 0 Å². The van der Waals surface area contributed by atoms with Crippen LogP contribution >= 0.6 is 11.3 Å². The van der Waals surface area contributed by atoms with Gasteiger partial charge >= 0.3 is 5.97 Å². The first kappa shape index (κ1) is 23.1. The number of carbonyl (C=O) groups excluding carboxylic acids is 1. The summed E-state index contributed by atoms with van der Waals surface area (Å²) in [7, 11) is 1.62. The van der Waals surface area contributed by atoms with E-state index >= 15 is 0 Å². The number of benzene rings is 3. The summed E-state index contributed by atoms with van der Waals surface area (Å²) in [4.78, 5) is 30.1. The fourth-order valence-corrected chi connectivity index (χ4v) is 4.94. The maximum atomic E-state index is 13.2. The number of amides is 1. The van der Waals surface area contributed by atoms with Crippen molar-refractivity contribution < 1.29 is 19.4 Å². The monoisotopic (exact) mass is 495 g/mol. The van der Waals surface area contributed by atoms with E-state index in [0.717, 1.165) is 28.1 Å². The first-order valence-electron chi connectivity index (χ1n) is 11.0. The van der Waals surface area contributed by atoms with Crippen LogP contribution in [0.25, 0.3) is 32.6 Å². The van der Waals surface area contributed by atoms with Crippen molar-refractivity contribution in [3.63, 3.8) is 0 Å². The van der Waals surface area contributed by atoms with Crippen molar-refractivity contribution in [2.45, 2.75) is 0 Å². The molecule has 0 radical (unpaired) electrons. The molecular weight excluding hydrogens is 474 g/mol. The molecule has 5 rings (SSSR count). The molecule has 5 aromatic rings. The third-order valence-corrected chi connectivity index (χ3v) is 6.86. The van der Waals surface area contributed by atoms with Crippen molar-refractivity contribution >= 4 is 44.8 Å². The van der Waals surface area contributed by atoms with Gasteiger partial charge in [-0.2, -0.15) is 0 Å². The van der Waals surface area contributed by atoms with Gasteiger partial charge in [-0.15, -0.1) is 11.3 Å².